The van der Waals surface area contributed by atoms with Crippen molar-refractivity contribution in [2.24, 2.45) is 23.2 Å². The predicted molar refractivity (Wildman–Crippen MR) is 101 cm³/mol. The van der Waals surface area contributed by atoms with Crippen LogP contribution in [-0.4, -0.2) is 35.0 Å². The van der Waals surface area contributed by atoms with Gasteiger partial charge < -0.3 is 14.9 Å². The highest BCUT2D eigenvalue weighted by molar-refractivity contribution is 5.66. The summed E-state index contributed by atoms with van der Waals surface area (Å²) >= 11 is 0. The van der Waals surface area contributed by atoms with E-state index in [4.69, 9.17) is 4.74 Å². The molecule has 4 heteroatoms. The quantitative estimate of drug-likeness (QED) is 0.580. The molecule has 2 unspecified atom stereocenters. The van der Waals surface area contributed by atoms with Crippen LogP contribution in [0.4, 0.5) is 0 Å². The second-order valence-electron chi connectivity index (χ2n) is 8.89. The number of aliphatic hydroxyl groups excluding tert-OH is 2. The Kier molecular flexibility index (Phi) is 5.64. The van der Waals surface area contributed by atoms with Crippen LogP contribution in [0.5, 0.6) is 0 Å². The first-order valence-electron chi connectivity index (χ1n) is 10.1. The van der Waals surface area contributed by atoms with Crippen LogP contribution in [0, 0.1) is 23.2 Å². The van der Waals surface area contributed by atoms with Crippen LogP contribution in [0.3, 0.4) is 0 Å². The molecule has 0 aromatic carbocycles. The van der Waals surface area contributed by atoms with Crippen LogP contribution in [0.15, 0.2) is 23.3 Å². The summed E-state index contributed by atoms with van der Waals surface area (Å²) in [6.07, 6.45) is 5.54. The molecule has 0 aromatic rings. The fourth-order valence-electron chi connectivity index (χ4n) is 5.89. The molecular formula is C22H34O4. The SMILES string of the molecule is C=C1CCC[C@H](C)CCC2=C(C)C3C1C[C@@H](OC(C)=O)[C@]3(CO)[C@@H](O)C2. The molecule has 146 valence electrons. The Balaban J connectivity index is 2.08. The summed E-state index contributed by atoms with van der Waals surface area (Å²) in [4.78, 5) is 11.7. The lowest BCUT2D eigenvalue weighted by molar-refractivity contribution is -0.165. The molecule has 0 spiro atoms. The van der Waals surface area contributed by atoms with Gasteiger partial charge in [0.1, 0.15) is 6.10 Å². The molecular weight excluding hydrogens is 328 g/mol. The summed E-state index contributed by atoms with van der Waals surface area (Å²) in [6, 6.07) is 0. The standard InChI is InChI=1S/C22H34O4/c1-13-6-5-7-14(2)18-11-20(26-16(4)24)22(12-23)19(25)10-17(9-8-13)15(3)21(18)22/h13,18-21,23,25H,2,5-12H2,1,3-4H3/t13-,18?,19-,20+,21?,22-/m0/s1. The molecule has 0 aliphatic heterocycles. The Bertz CT molecular complexity index is 607. The third-order valence-corrected chi connectivity index (χ3v) is 7.37. The molecule has 26 heavy (non-hydrogen) atoms. The van der Waals surface area contributed by atoms with E-state index in [0.717, 1.165) is 25.7 Å². The molecule has 0 radical (unpaired) electrons. The summed E-state index contributed by atoms with van der Waals surface area (Å²) < 4.78 is 5.66. The monoisotopic (exact) mass is 362 g/mol. The molecule has 0 heterocycles. The van der Waals surface area contributed by atoms with Crippen molar-refractivity contribution in [3.05, 3.63) is 23.3 Å². The molecule has 1 fully saturated rings. The van der Waals surface area contributed by atoms with Gasteiger partial charge in [0.2, 0.25) is 0 Å². The van der Waals surface area contributed by atoms with E-state index in [2.05, 4.69) is 20.4 Å². The summed E-state index contributed by atoms with van der Waals surface area (Å²) in [5.41, 5.74) is 3.01. The van der Waals surface area contributed by atoms with Crippen molar-refractivity contribution >= 4 is 5.97 Å². The van der Waals surface area contributed by atoms with Gasteiger partial charge in [-0.15, -0.1) is 0 Å². The lowest BCUT2D eigenvalue weighted by Crippen LogP contribution is -2.53. The van der Waals surface area contributed by atoms with Crippen LogP contribution in [0.2, 0.25) is 0 Å². The maximum atomic E-state index is 11.7. The third kappa shape index (κ3) is 3.16. The number of carbonyl (C=O) groups is 1. The lowest BCUT2D eigenvalue weighted by Gasteiger charge is -2.47. The fraction of sp³-hybridized carbons (Fsp3) is 0.773. The zero-order valence-corrected chi connectivity index (χ0v) is 16.5. The van der Waals surface area contributed by atoms with Gasteiger partial charge in [-0.3, -0.25) is 4.79 Å². The minimum absolute atomic E-state index is 0.0107. The predicted octanol–water partition coefficient (Wildman–Crippen LogP) is 3.77. The largest absolute Gasteiger partial charge is 0.462 e. The van der Waals surface area contributed by atoms with Gasteiger partial charge >= 0.3 is 5.97 Å². The number of allylic oxidation sites excluding steroid dienone is 2. The van der Waals surface area contributed by atoms with Gasteiger partial charge in [-0.05, 0) is 57.3 Å². The second kappa shape index (κ2) is 7.47. The normalized spacial score (nSPS) is 41.0. The van der Waals surface area contributed by atoms with Crippen molar-refractivity contribution < 1.29 is 19.7 Å². The Labute approximate surface area is 157 Å². The smallest absolute Gasteiger partial charge is 0.302 e. The zero-order chi connectivity index (χ0) is 19.1. The van der Waals surface area contributed by atoms with Gasteiger partial charge in [0, 0.05) is 12.8 Å². The Morgan fingerprint density at radius 3 is 2.73 bits per heavy atom. The van der Waals surface area contributed by atoms with Crippen molar-refractivity contribution in [2.75, 3.05) is 6.61 Å². The van der Waals surface area contributed by atoms with Gasteiger partial charge in [-0.1, -0.05) is 36.6 Å². The number of esters is 1. The van der Waals surface area contributed by atoms with Gasteiger partial charge in [0.25, 0.3) is 0 Å². The minimum Gasteiger partial charge on any atom is -0.462 e. The summed E-state index contributed by atoms with van der Waals surface area (Å²) in [6.45, 7) is 10.1. The van der Waals surface area contributed by atoms with Gasteiger partial charge in [0.05, 0.1) is 18.1 Å². The molecule has 3 aliphatic rings. The average Bonchev–Trinajstić information content (AvgIpc) is 2.91. The molecule has 3 rings (SSSR count). The highest BCUT2D eigenvalue weighted by Crippen LogP contribution is 2.60. The maximum Gasteiger partial charge on any atom is 0.302 e. The molecule has 2 N–H and O–H groups in total. The zero-order valence-electron chi connectivity index (χ0n) is 16.5. The fourth-order valence-corrected chi connectivity index (χ4v) is 5.89. The van der Waals surface area contributed by atoms with E-state index in [0.29, 0.717) is 18.8 Å². The van der Waals surface area contributed by atoms with Gasteiger partial charge in [-0.2, -0.15) is 0 Å². The highest BCUT2D eigenvalue weighted by atomic mass is 16.5. The van der Waals surface area contributed by atoms with Crippen molar-refractivity contribution in [3.8, 4) is 0 Å². The first-order chi connectivity index (χ1) is 12.3. The Morgan fingerprint density at radius 1 is 1.35 bits per heavy atom. The number of carbonyl (C=O) groups excluding carboxylic acids is 1. The lowest BCUT2D eigenvalue weighted by atomic mass is 9.61. The van der Waals surface area contributed by atoms with Crippen LogP contribution in [-0.2, 0) is 9.53 Å². The second-order valence-corrected chi connectivity index (χ2v) is 8.89. The van der Waals surface area contributed by atoms with Crippen LogP contribution in [0.1, 0.15) is 65.7 Å². The minimum atomic E-state index is -0.799. The van der Waals surface area contributed by atoms with Crippen LogP contribution >= 0.6 is 0 Å². The number of aliphatic hydroxyl groups is 2. The number of rotatable bonds is 2. The topological polar surface area (TPSA) is 66.8 Å². The Morgan fingerprint density at radius 2 is 2.08 bits per heavy atom. The molecule has 0 amide bonds. The molecule has 3 aliphatic carbocycles. The number of hydrogen-bond acceptors (Lipinski definition) is 4. The number of hydrogen-bond donors (Lipinski definition) is 2. The number of ether oxygens (including phenoxy) is 1. The van der Waals surface area contributed by atoms with E-state index >= 15 is 0 Å². The molecule has 4 nitrogen and oxygen atoms in total. The first-order valence-corrected chi connectivity index (χ1v) is 10.1. The highest BCUT2D eigenvalue weighted by Gasteiger charge is 2.62. The van der Waals surface area contributed by atoms with E-state index in [1.807, 2.05) is 0 Å². The van der Waals surface area contributed by atoms with E-state index < -0.39 is 17.6 Å². The maximum absolute atomic E-state index is 11.7. The van der Waals surface area contributed by atoms with Crippen molar-refractivity contribution in [1.29, 1.82) is 0 Å². The van der Waals surface area contributed by atoms with Crippen molar-refractivity contribution in [2.45, 2.75) is 77.9 Å². The van der Waals surface area contributed by atoms with E-state index in [-0.39, 0.29) is 24.4 Å². The summed E-state index contributed by atoms with van der Waals surface area (Å²) in [5.74, 6) is 0.500. The molecule has 6 atom stereocenters. The van der Waals surface area contributed by atoms with Crippen LogP contribution in [0.25, 0.3) is 0 Å². The van der Waals surface area contributed by atoms with Crippen molar-refractivity contribution in [3.63, 3.8) is 0 Å². The van der Waals surface area contributed by atoms with Gasteiger partial charge in [-0.25, -0.2) is 0 Å². The summed E-state index contributed by atoms with van der Waals surface area (Å²) in [7, 11) is 0. The average molecular weight is 363 g/mol. The van der Waals surface area contributed by atoms with Crippen molar-refractivity contribution in [1.82, 2.24) is 0 Å². The third-order valence-electron chi connectivity index (χ3n) is 7.37. The Hall–Kier alpha value is -1.13. The first kappa shape index (κ1) is 19.6. The molecule has 0 saturated heterocycles. The van der Waals surface area contributed by atoms with E-state index in [9.17, 15) is 15.0 Å². The van der Waals surface area contributed by atoms with E-state index in [1.54, 1.807) is 0 Å². The van der Waals surface area contributed by atoms with Crippen LogP contribution < -0.4 is 0 Å². The molecule has 1 saturated carbocycles. The molecule has 0 aromatic heterocycles. The van der Waals surface area contributed by atoms with Gasteiger partial charge in [0.15, 0.2) is 0 Å². The van der Waals surface area contributed by atoms with E-state index in [1.165, 1.54) is 30.1 Å². The molecule has 2 bridgehead atoms. The summed E-state index contributed by atoms with van der Waals surface area (Å²) in [5, 5.41) is 21.6.